The highest BCUT2D eigenvalue weighted by Gasteiger charge is 2.05. The molecule has 0 unspecified atom stereocenters. The Labute approximate surface area is 91.4 Å². The first-order chi connectivity index (χ1) is 7.20. The number of halogens is 1. The predicted molar refractivity (Wildman–Crippen MR) is 54.8 cm³/mol. The minimum Gasteiger partial charge on any atom is -0.390 e. The summed E-state index contributed by atoms with van der Waals surface area (Å²) in [7, 11) is 0. The molecule has 0 bridgehead atoms. The number of aryl methyl sites for hydroxylation is 1. The second-order valence-corrected chi connectivity index (χ2v) is 3.44. The molecule has 2 aromatic heterocycles. The van der Waals surface area contributed by atoms with Gasteiger partial charge in [-0.05, 0) is 6.92 Å². The van der Waals surface area contributed by atoms with Crippen molar-refractivity contribution in [1.82, 2.24) is 19.7 Å². The Morgan fingerprint density at radius 2 is 2.27 bits per heavy atom. The minimum atomic E-state index is -0.144. The van der Waals surface area contributed by atoms with Crippen LogP contribution in [0.3, 0.4) is 0 Å². The van der Waals surface area contributed by atoms with Gasteiger partial charge in [0.15, 0.2) is 5.82 Å². The van der Waals surface area contributed by atoms with E-state index in [9.17, 15) is 0 Å². The van der Waals surface area contributed by atoms with Crippen molar-refractivity contribution in [2.45, 2.75) is 13.5 Å². The molecule has 0 aliphatic rings. The van der Waals surface area contributed by atoms with Crippen LogP contribution >= 0.6 is 11.6 Å². The van der Waals surface area contributed by atoms with Crippen LogP contribution < -0.4 is 0 Å². The zero-order chi connectivity index (χ0) is 10.8. The molecule has 15 heavy (non-hydrogen) atoms. The first-order valence-corrected chi connectivity index (χ1v) is 4.72. The van der Waals surface area contributed by atoms with Crippen molar-refractivity contribution in [3.8, 4) is 5.82 Å². The topological polar surface area (TPSA) is 63.8 Å². The molecule has 0 saturated carbocycles. The number of hydrogen-bond acceptors (Lipinski definition) is 4. The quantitative estimate of drug-likeness (QED) is 0.830. The highest BCUT2D eigenvalue weighted by atomic mass is 35.5. The molecule has 0 aliphatic carbocycles. The Bertz CT molecular complexity index is 463. The molecule has 0 aromatic carbocycles. The molecular weight excluding hydrogens is 216 g/mol. The van der Waals surface area contributed by atoms with E-state index in [2.05, 4.69) is 15.1 Å². The standard InChI is InChI=1S/C9H9ClN4O/c1-6-8(10)4-14(13-6)9-3-11-2-7(5-15)12-9/h2-4,15H,5H2,1H3. The fourth-order valence-electron chi connectivity index (χ4n) is 1.14. The predicted octanol–water partition coefficient (Wildman–Crippen LogP) is 1.12. The molecule has 78 valence electrons. The van der Waals surface area contributed by atoms with Gasteiger partial charge in [-0.1, -0.05) is 11.6 Å². The van der Waals surface area contributed by atoms with Crippen LogP contribution in [-0.2, 0) is 6.61 Å². The summed E-state index contributed by atoms with van der Waals surface area (Å²) in [5, 5.41) is 13.6. The minimum absolute atomic E-state index is 0.144. The van der Waals surface area contributed by atoms with E-state index < -0.39 is 0 Å². The van der Waals surface area contributed by atoms with Crippen molar-refractivity contribution in [2.75, 3.05) is 0 Å². The number of nitrogens with zero attached hydrogens (tertiary/aromatic N) is 4. The van der Waals surface area contributed by atoms with Crippen molar-refractivity contribution in [1.29, 1.82) is 0 Å². The molecule has 0 aliphatic heterocycles. The van der Waals surface area contributed by atoms with Gasteiger partial charge in [0.1, 0.15) is 0 Å². The molecular formula is C9H9ClN4O. The van der Waals surface area contributed by atoms with E-state index in [0.29, 0.717) is 16.5 Å². The summed E-state index contributed by atoms with van der Waals surface area (Å²) < 4.78 is 1.53. The maximum atomic E-state index is 8.91. The van der Waals surface area contributed by atoms with E-state index in [4.69, 9.17) is 16.7 Å². The maximum Gasteiger partial charge on any atom is 0.172 e. The van der Waals surface area contributed by atoms with Gasteiger partial charge in [0, 0.05) is 0 Å². The first kappa shape index (κ1) is 10.1. The third-order valence-electron chi connectivity index (χ3n) is 1.91. The largest absolute Gasteiger partial charge is 0.390 e. The van der Waals surface area contributed by atoms with Gasteiger partial charge in [0.05, 0.1) is 41.6 Å². The summed E-state index contributed by atoms with van der Waals surface area (Å²) in [5.41, 5.74) is 1.23. The summed E-state index contributed by atoms with van der Waals surface area (Å²) in [6, 6.07) is 0. The van der Waals surface area contributed by atoms with E-state index >= 15 is 0 Å². The molecule has 0 fully saturated rings. The van der Waals surface area contributed by atoms with Crippen LogP contribution in [0.15, 0.2) is 18.6 Å². The summed E-state index contributed by atoms with van der Waals surface area (Å²) in [6.45, 7) is 1.66. The molecule has 0 amide bonds. The second-order valence-electron chi connectivity index (χ2n) is 3.03. The van der Waals surface area contributed by atoms with Gasteiger partial charge in [-0.15, -0.1) is 0 Å². The Morgan fingerprint density at radius 1 is 1.47 bits per heavy atom. The molecule has 2 aromatic rings. The number of hydrogen-bond donors (Lipinski definition) is 1. The van der Waals surface area contributed by atoms with Crippen LogP contribution in [0.2, 0.25) is 5.02 Å². The zero-order valence-electron chi connectivity index (χ0n) is 8.05. The summed E-state index contributed by atoms with van der Waals surface area (Å²) >= 11 is 5.87. The fourth-order valence-corrected chi connectivity index (χ4v) is 1.27. The van der Waals surface area contributed by atoms with Crippen LogP contribution in [0.25, 0.3) is 5.82 Å². The van der Waals surface area contributed by atoms with Gasteiger partial charge < -0.3 is 5.11 Å². The van der Waals surface area contributed by atoms with Crippen LogP contribution in [0, 0.1) is 6.92 Å². The monoisotopic (exact) mass is 224 g/mol. The van der Waals surface area contributed by atoms with E-state index in [1.54, 1.807) is 12.4 Å². The molecule has 1 N–H and O–H groups in total. The highest BCUT2D eigenvalue weighted by molar-refractivity contribution is 6.31. The first-order valence-electron chi connectivity index (χ1n) is 4.34. The van der Waals surface area contributed by atoms with Gasteiger partial charge in [0.25, 0.3) is 0 Å². The van der Waals surface area contributed by atoms with Gasteiger partial charge in [-0.25, -0.2) is 9.67 Å². The third kappa shape index (κ3) is 1.98. The van der Waals surface area contributed by atoms with Crippen molar-refractivity contribution in [2.24, 2.45) is 0 Å². The van der Waals surface area contributed by atoms with Crippen LogP contribution in [0.5, 0.6) is 0 Å². The van der Waals surface area contributed by atoms with Crippen molar-refractivity contribution in [3.63, 3.8) is 0 Å². The molecule has 5 nitrogen and oxygen atoms in total. The SMILES string of the molecule is Cc1nn(-c2cncc(CO)n2)cc1Cl. The van der Waals surface area contributed by atoms with Crippen LogP contribution in [-0.4, -0.2) is 24.9 Å². The molecule has 0 spiro atoms. The van der Waals surface area contributed by atoms with Crippen LogP contribution in [0.4, 0.5) is 0 Å². The van der Waals surface area contributed by atoms with Gasteiger partial charge in [0.2, 0.25) is 0 Å². The van der Waals surface area contributed by atoms with E-state index in [1.807, 2.05) is 6.92 Å². The summed E-state index contributed by atoms with van der Waals surface area (Å²) in [5.74, 6) is 0.538. The van der Waals surface area contributed by atoms with Gasteiger partial charge in [-0.2, -0.15) is 5.10 Å². The number of aliphatic hydroxyl groups excluding tert-OH is 1. The normalized spacial score (nSPS) is 10.6. The maximum absolute atomic E-state index is 8.91. The molecule has 2 rings (SSSR count). The highest BCUT2D eigenvalue weighted by Crippen LogP contribution is 2.14. The smallest absolute Gasteiger partial charge is 0.172 e. The van der Waals surface area contributed by atoms with E-state index in [1.165, 1.54) is 10.9 Å². The molecule has 0 atom stereocenters. The second kappa shape index (κ2) is 3.96. The Hall–Kier alpha value is -1.46. The zero-order valence-corrected chi connectivity index (χ0v) is 8.81. The van der Waals surface area contributed by atoms with E-state index in [0.717, 1.165) is 5.69 Å². The Morgan fingerprint density at radius 3 is 2.87 bits per heavy atom. The molecule has 2 heterocycles. The lowest BCUT2D eigenvalue weighted by Gasteiger charge is -2.00. The Balaban J connectivity index is 2.44. The molecule has 0 saturated heterocycles. The molecule has 6 heteroatoms. The average molecular weight is 225 g/mol. The average Bonchev–Trinajstić information content (AvgIpc) is 2.59. The summed E-state index contributed by atoms with van der Waals surface area (Å²) in [6.07, 6.45) is 4.71. The lowest BCUT2D eigenvalue weighted by molar-refractivity contribution is 0.276. The summed E-state index contributed by atoms with van der Waals surface area (Å²) in [4.78, 5) is 8.09. The lowest BCUT2D eigenvalue weighted by atomic mass is 10.5. The number of aliphatic hydroxyl groups is 1. The number of rotatable bonds is 2. The van der Waals surface area contributed by atoms with Crippen molar-refractivity contribution < 1.29 is 5.11 Å². The lowest BCUT2D eigenvalue weighted by Crippen LogP contribution is -2.02. The van der Waals surface area contributed by atoms with Crippen molar-refractivity contribution in [3.05, 3.63) is 35.0 Å². The van der Waals surface area contributed by atoms with Gasteiger partial charge >= 0.3 is 0 Å². The fraction of sp³-hybridized carbons (Fsp3) is 0.222. The van der Waals surface area contributed by atoms with Gasteiger partial charge in [-0.3, -0.25) is 4.98 Å². The third-order valence-corrected chi connectivity index (χ3v) is 2.28. The number of aromatic nitrogens is 4. The van der Waals surface area contributed by atoms with Crippen LogP contribution in [0.1, 0.15) is 11.4 Å². The van der Waals surface area contributed by atoms with E-state index in [-0.39, 0.29) is 6.61 Å². The Kier molecular flexibility index (Phi) is 2.66. The molecule has 0 radical (unpaired) electrons. The van der Waals surface area contributed by atoms with Crippen molar-refractivity contribution >= 4 is 11.6 Å².